The summed E-state index contributed by atoms with van der Waals surface area (Å²) < 4.78 is 0. The molecule has 0 spiro atoms. The smallest absolute Gasteiger partial charge is 0.219 e. The van der Waals surface area contributed by atoms with Gasteiger partial charge in [-0.25, -0.2) is 0 Å². The van der Waals surface area contributed by atoms with Crippen LogP contribution in [-0.2, 0) is 11.2 Å². The third-order valence-electron chi connectivity index (χ3n) is 6.00. The van der Waals surface area contributed by atoms with Crippen LogP contribution in [0.5, 0.6) is 0 Å². The number of nitrogens with one attached hydrogen (secondary N) is 1. The zero-order chi connectivity index (χ0) is 17.4. The Morgan fingerprint density at radius 3 is 2.46 bits per heavy atom. The Balaban J connectivity index is 1.81. The molecular weight excluding hydrogens is 296 g/mol. The second kappa shape index (κ2) is 9.22. The van der Waals surface area contributed by atoms with Crippen molar-refractivity contribution in [2.75, 3.05) is 21.1 Å². The van der Waals surface area contributed by atoms with Crippen LogP contribution in [0.1, 0.15) is 56.9 Å². The zero-order valence-corrected chi connectivity index (χ0v) is 15.7. The van der Waals surface area contributed by atoms with E-state index in [1.807, 2.05) is 0 Å². The van der Waals surface area contributed by atoms with Crippen molar-refractivity contribution in [3.05, 3.63) is 35.9 Å². The summed E-state index contributed by atoms with van der Waals surface area (Å²) in [6, 6.07) is 10.9. The quantitative estimate of drug-likeness (QED) is 0.780. The SMILES string of the molecule is CNC(=O)CCCC1CCC(CCc2ccccc2)(N(C)C)CC1. The lowest BCUT2D eigenvalue weighted by Gasteiger charge is -2.45. The molecule has 0 heterocycles. The van der Waals surface area contributed by atoms with Gasteiger partial charge in [-0.2, -0.15) is 0 Å². The molecule has 3 heteroatoms. The summed E-state index contributed by atoms with van der Waals surface area (Å²) in [6.07, 6.45) is 10.5. The van der Waals surface area contributed by atoms with Crippen LogP contribution in [0.3, 0.4) is 0 Å². The fourth-order valence-electron chi connectivity index (χ4n) is 4.12. The first-order valence-corrected chi connectivity index (χ1v) is 9.48. The summed E-state index contributed by atoms with van der Waals surface area (Å²) in [7, 11) is 6.22. The first-order valence-electron chi connectivity index (χ1n) is 9.48. The third kappa shape index (κ3) is 5.34. The highest BCUT2D eigenvalue weighted by Crippen LogP contribution is 2.40. The normalized spacial score (nSPS) is 24.1. The highest BCUT2D eigenvalue weighted by atomic mass is 16.1. The maximum atomic E-state index is 11.3. The zero-order valence-electron chi connectivity index (χ0n) is 15.7. The van der Waals surface area contributed by atoms with Gasteiger partial charge in [0.1, 0.15) is 0 Å². The third-order valence-corrected chi connectivity index (χ3v) is 6.00. The molecular formula is C21H34N2O. The van der Waals surface area contributed by atoms with E-state index in [1.54, 1.807) is 7.05 Å². The predicted octanol–water partition coefficient (Wildman–Crippen LogP) is 4.03. The molecule has 0 saturated heterocycles. The summed E-state index contributed by atoms with van der Waals surface area (Å²) in [5.41, 5.74) is 1.80. The molecule has 0 aliphatic heterocycles. The molecule has 1 saturated carbocycles. The lowest BCUT2D eigenvalue weighted by atomic mass is 9.72. The fraction of sp³-hybridized carbons (Fsp3) is 0.667. The molecule has 1 amide bonds. The number of hydrogen-bond acceptors (Lipinski definition) is 2. The van der Waals surface area contributed by atoms with Crippen LogP contribution in [0.25, 0.3) is 0 Å². The predicted molar refractivity (Wildman–Crippen MR) is 101 cm³/mol. The number of benzene rings is 1. The molecule has 1 aliphatic rings. The molecule has 1 aliphatic carbocycles. The van der Waals surface area contributed by atoms with E-state index in [0.29, 0.717) is 12.0 Å². The monoisotopic (exact) mass is 330 g/mol. The van der Waals surface area contributed by atoms with Crippen LogP contribution < -0.4 is 5.32 Å². The molecule has 0 unspecified atom stereocenters. The van der Waals surface area contributed by atoms with Gasteiger partial charge in [0.25, 0.3) is 0 Å². The Morgan fingerprint density at radius 2 is 1.88 bits per heavy atom. The van der Waals surface area contributed by atoms with Gasteiger partial charge in [0.15, 0.2) is 0 Å². The van der Waals surface area contributed by atoms with Crippen LogP contribution in [0, 0.1) is 5.92 Å². The van der Waals surface area contributed by atoms with Gasteiger partial charge in [-0.3, -0.25) is 4.79 Å². The van der Waals surface area contributed by atoms with E-state index in [1.165, 1.54) is 50.5 Å². The van der Waals surface area contributed by atoms with Crippen molar-refractivity contribution in [2.24, 2.45) is 5.92 Å². The highest BCUT2D eigenvalue weighted by Gasteiger charge is 2.36. The topological polar surface area (TPSA) is 32.3 Å². The van der Waals surface area contributed by atoms with Gasteiger partial charge in [0.2, 0.25) is 5.91 Å². The minimum absolute atomic E-state index is 0.177. The maximum Gasteiger partial charge on any atom is 0.219 e. The van der Waals surface area contributed by atoms with E-state index < -0.39 is 0 Å². The molecule has 1 aromatic carbocycles. The Kier molecular flexibility index (Phi) is 7.29. The number of hydrogen-bond donors (Lipinski definition) is 1. The lowest BCUT2D eigenvalue weighted by molar-refractivity contribution is -0.120. The first kappa shape index (κ1) is 19.0. The summed E-state index contributed by atoms with van der Waals surface area (Å²) >= 11 is 0. The molecule has 0 bridgehead atoms. The molecule has 1 aromatic rings. The Labute approximate surface area is 147 Å². The summed E-state index contributed by atoms with van der Waals surface area (Å²) in [5, 5.41) is 2.72. The largest absolute Gasteiger partial charge is 0.359 e. The van der Waals surface area contributed by atoms with E-state index in [9.17, 15) is 4.79 Å². The minimum Gasteiger partial charge on any atom is -0.359 e. The van der Waals surface area contributed by atoms with Crippen molar-refractivity contribution >= 4 is 5.91 Å². The molecule has 24 heavy (non-hydrogen) atoms. The van der Waals surface area contributed by atoms with E-state index >= 15 is 0 Å². The second-order valence-electron chi connectivity index (χ2n) is 7.61. The van der Waals surface area contributed by atoms with Crippen molar-refractivity contribution in [3.63, 3.8) is 0 Å². The van der Waals surface area contributed by atoms with Gasteiger partial charge in [-0.1, -0.05) is 30.3 Å². The van der Waals surface area contributed by atoms with Crippen LogP contribution in [0.15, 0.2) is 30.3 Å². The molecule has 1 fully saturated rings. The van der Waals surface area contributed by atoms with Crippen LogP contribution in [0.2, 0.25) is 0 Å². The average molecular weight is 331 g/mol. The standard InChI is InChI=1S/C21H34N2O/c1-22-20(24)11-7-10-19-13-16-21(17-14-19,23(2)3)15-12-18-8-5-4-6-9-18/h4-6,8-9,19H,7,10-17H2,1-3H3,(H,22,24). The van der Waals surface area contributed by atoms with Gasteiger partial charge in [0, 0.05) is 19.0 Å². The van der Waals surface area contributed by atoms with Crippen molar-refractivity contribution in [3.8, 4) is 0 Å². The average Bonchev–Trinajstić information content (AvgIpc) is 2.61. The number of carbonyl (C=O) groups is 1. The Hall–Kier alpha value is -1.35. The molecule has 0 radical (unpaired) electrons. The molecule has 1 N–H and O–H groups in total. The number of aryl methyl sites for hydroxylation is 1. The molecule has 134 valence electrons. The van der Waals surface area contributed by atoms with Gasteiger partial charge in [-0.15, -0.1) is 0 Å². The summed E-state index contributed by atoms with van der Waals surface area (Å²) in [5.74, 6) is 0.982. The maximum absolute atomic E-state index is 11.3. The van der Waals surface area contributed by atoms with Gasteiger partial charge in [-0.05, 0) is 76.9 Å². The molecule has 2 rings (SSSR count). The van der Waals surface area contributed by atoms with E-state index in [2.05, 4.69) is 54.6 Å². The van der Waals surface area contributed by atoms with Crippen LogP contribution >= 0.6 is 0 Å². The minimum atomic E-state index is 0.177. The number of nitrogens with zero attached hydrogens (tertiary/aromatic N) is 1. The Morgan fingerprint density at radius 1 is 1.21 bits per heavy atom. The second-order valence-corrected chi connectivity index (χ2v) is 7.61. The molecule has 3 nitrogen and oxygen atoms in total. The van der Waals surface area contributed by atoms with Crippen molar-refractivity contribution in [1.29, 1.82) is 0 Å². The van der Waals surface area contributed by atoms with Crippen molar-refractivity contribution in [2.45, 2.75) is 63.3 Å². The molecule has 0 aromatic heterocycles. The number of amides is 1. The van der Waals surface area contributed by atoms with Crippen LogP contribution in [-0.4, -0.2) is 37.5 Å². The Bertz CT molecular complexity index is 490. The van der Waals surface area contributed by atoms with E-state index in [0.717, 1.165) is 12.3 Å². The fourth-order valence-corrected chi connectivity index (χ4v) is 4.12. The first-order chi connectivity index (χ1) is 11.6. The van der Waals surface area contributed by atoms with E-state index in [-0.39, 0.29) is 5.91 Å². The number of carbonyl (C=O) groups excluding carboxylic acids is 1. The van der Waals surface area contributed by atoms with Crippen molar-refractivity contribution in [1.82, 2.24) is 10.2 Å². The summed E-state index contributed by atoms with van der Waals surface area (Å²) in [6.45, 7) is 0. The van der Waals surface area contributed by atoms with E-state index in [4.69, 9.17) is 0 Å². The lowest BCUT2D eigenvalue weighted by Crippen LogP contribution is -2.47. The molecule has 0 atom stereocenters. The van der Waals surface area contributed by atoms with Crippen LogP contribution in [0.4, 0.5) is 0 Å². The summed E-state index contributed by atoms with van der Waals surface area (Å²) in [4.78, 5) is 13.8. The highest BCUT2D eigenvalue weighted by molar-refractivity contribution is 5.75. The number of rotatable bonds is 8. The van der Waals surface area contributed by atoms with Gasteiger partial charge < -0.3 is 10.2 Å². The van der Waals surface area contributed by atoms with Gasteiger partial charge >= 0.3 is 0 Å². The van der Waals surface area contributed by atoms with Gasteiger partial charge in [0.05, 0.1) is 0 Å². The van der Waals surface area contributed by atoms with Crippen molar-refractivity contribution < 1.29 is 4.79 Å².